The van der Waals surface area contributed by atoms with E-state index < -0.39 is 5.41 Å². The number of amides is 1. The largest absolute Gasteiger partial charge is 0.314 e. The molecule has 1 amide bonds. The fourth-order valence-electron chi connectivity index (χ4n) is 4.44. The Hall–Kier alpha value is -1.02. The first-order chi connectivity index (χ1) is 9.86. The van der Waals surface area contributed by atoms with Crippen molar-refractivity contribution in [2.75, 3.05) is 11.9 Å². The fourth-order valence-corrected chi connectivity index (χ4v) is 4.62. The lowest BCUT2D eigenvalue weighted by Crippen LogP contribution is -2.40. The van der Waals surface area contributed by atoms with E-state index >= 15 is 0 Å². The predicted molar refractivity (Wildman–Crippen MR) is 88.0 cm³/mol. The molecular weight excluding hydrogens is 282 g/mol. The molecule has 1 aliphatic carbocycles. The van der Waals surface area contributed by atoms with Crippen LogP contribution in [-0.2, 0) is 10.2 Å². The van der Waals surface area contributed by atoms with E-state index in [0.717, 1.165) is 22.7 Å². The van der Waals surface area contributed by atoms with Crippen molar-refractivity contribution in [3.8, 4) is 0 Å². The minimum atomic E-state index is -0.429. The van der Waals surface area contributed by atoms with Crippen LogP contribution in [0.4, 0.5) is 5.69 Å². The van der Waals surface area contributed by atoms with Crippen LogP contribution < -0.4 is 4.90 Å². The first kappa shape index (κ1) is 14.9. The van der Waals surface area contributed by atoms with E-state index in [1.807, 2.05) is 25.2 Å². The molecule has 0 radical (unpaired) electrons. The van der Waals surface area contributed by atoms with Gasteiger partial charge in [-0.2, -0.15) is 0 Å². The molecule has 21 heavy (non-hydrogen) atoms. The third-order valence-corrected chi connectivity index (χ3v) is 5.77. The second-order valence-corrected chi connectivity index (χ2v) is 7.84. The smallest absolute Gasteiger partial charge is 0.237 e. The monoisotopic (exact) mass is 305 g/mol. The van der Waals surface area contributed by atoms with Crippen LogP contribution in [0.1, 0.15) is 57.9 Å². The summed E-state index contributed by atoms with van der Waals surface area (Å²) in [4.78, 5) is 14.7. The highest BCUT2D eigenvalue weighted by Crippen LogP contribution is 2.51. The maximum atomic E-state index is 12.9. The molecule has 0 saturated heterocycles. The van der Waals surface area contributed by atoms with Gasteiger partial charge in [0.1, 0.15) is 0 Å². The number of fused-ring (bicyclic) bond motifs is 1. The van der Waals surface area contributed by atoms with E-state index in [1.165, 1.54) is 32.1 Å². The molecule has 2 aliphatic rings. The number of anilines is 1. The van der Waals surface area contributed by atoms with Gasteiger partial charge in [-0.1, -0.05) is 37.8 Å². The van der Waals surface area contributed by atoms with Gasteiger partial charge in [-0.25, -0.2) is 0 Å². The third-order valence-electron chi connectivity index (χ3n) is 5.53. The lowest BCUT2D eigenvalue weighted by atomic mass is 9.64. The fraction of sp³-hybridized carbons (Fsp3) is 0.611. The molecule has 0 aromatic heterocycles. The van der Waals surface area contributed by atoms with Crippen molar-refractivity contribution in [3.05, 3.63) is 28.8 Å². The summed E-state index contributed by atoms with van der Waals surface area (Å²) in [5.74, 6) is 0.214. The van der Waals surface area contributed by atoms with Crippen LogP contribution >= 0.6 is 11.6 Å². The molecule has 1 unspecified atom stereocenters. The zero-order valence-corrected chi connectivity index (χ0v) is 14.0. The number of benzene rings is 1. The predicted octanol–water partition coefficient (Wildman–Crippen LogP) is 4.93. The van der Waals surface area contributed by atoms with Crippen LogP contribution in [0.2, 0.25) is 5.02 Å². The maximum Gasteiger partial charge on any atom is 0.237 e. The molecule has 1 aliphatic heterocycles. The van der Waals surface area contributed by atoms with E-state index in [4.69, 9.17) is 11.6 Å². The molecule has 1 fully saturated rings. The highest BCUT2D eigenvalue weighted by atomic mass is 35.5. The highest BCUT2D eigenvalue weighted by Gasteiger charge is 2.49. The number of halogens is 1. The van der Waals surface area contributed by atoms with Crippen molar-refractivity contribution in [1.82, 2.24) is 0 Å². The number of nitrogens with zero attached hydrogens (tertiary/aromatic N) is 1. The summed E-state index contributed by atoms with van der Waals surface area (Å²) in [6.07, 6.45) is 7.31. The minimum Gasteiger partial charge on any atom is -0.314 e. The molecule has 3 heteroatoms. The van der Waals surface area contributed by atoms with Crippen LogP contribution in [-0.4, -0.2) is 13.0 Å². The SMILES string of the molecule is CN1C(=O)C(C)(CC2(C)CCCCC2)c2cc(Cl)ccc21. The van der Waals surface area contributed by atoms with Gasteiger partial charge >= 0.3 is 0 Å². The third kappa shape index (κ3) is 2.38. The summed E-state index contributed by atoms with van der Waals surface area (Å²) >= 11 is 6.19. The summed E-state index contributed by atoms with van der Waals surface area (Å²) in [5, 5.41) is 0.719. The van der Waals surface area contributed by atoms with Gasteiger partial charge in [0.15, 0.2) is 0 Å². The minimum absolute atomic E-state index is 0.214. The van der Waals surface area contributed by atoms with Crippen molar-refractivity contribution in [2.24, 2.45) is 5.41 Å². The molecule has 3 rings (SSSR count). The second-order valence-electron chi connectivity index (χ2n) is 7.41. The van der Waals surface area contributed by atoms with Crippen LogP contribution in [0.15, 0.2) is 18.2 Å². The number of carbonyl (C=O) groups is 1. The normalized spacial score (nSPS) is 27.8. The molecule has 114 valence electrons. The molecule has 1 heterocycles. The Balaban J connectivity index is 2.00. The van der Waals surface area contributed by atoms with E-state index in [9.17, 15) is 4.79 Å². The van der Waals surface area contributed by atoms with Crippen LogP contribution in [0.5, 0.6) is 0 Å². The number of hydrogen-bond donors (Lipinski definition) is 0. The molecule has 0 N–H and O–H groups in total. The lowest BCUT2D eigenvalue weighted by molar-refractivity contribution is -0.123. The summed E-state index contributed by atoms with van der Waals surface area (Å²) < 4.78 is 0. The van der Waals surface area contributed by atoms with Crippen LogP contribution in [0.3, 0.4) is 0 Å². The topological polar surface area (TPSA) is 20.3 Å². The quantitative estimate of drug-likeness (QED) is 0.758. The van der Waals surface area contributed by atoms with Crippen molar-refractivity contribution in [3.63, 3.8) is 0 Å². The maximum absolute atomic E-state index is 12.9. The zero-order valence-electron chi connectivity index (χ0n) is 13.2. The van der Waals surface area contributed by atoms with E-state index in [1.54, 1.807) is 4.90 Å². The van der Waals surface area contributed by atoms with E-state index in [0.29, 0.717) is 0 Å². The Kier molecular flexibility index (Phi) is 3.56. The van der Waals surface area contributed by atoms with E-state index in [2.05, 4.69) is 13.8 Å². The lowest BCUT2D eigenvalue weighted by Gasteiger charge is -2.39. The Bertz CT molecular complexity index is 577. The number of hydrogen-bond acceptors (Lipinski definition) is 1. The van der Waals surface area contributed by atoms with E-state index in [-0.39, 0.29) is 11.3 Å². The summed E-state index contributed by atoms with van der Waals surface area (Å²) in [6, 6.07) is 5.84. The first-order valence-corrected chi connectivity index (χ1v) is 8.32. The van der Waals surface area contributed by atoms with Gasteiger partial charge in [0.25, 0.3) is 0 Å². The Morgan fingerprint density at radius 2 is 1.86 bits per heavy atom. The second kappa shape index (κ2) is 5.01. The van der Waals surface area contributed by atoms with Gasteiger partial charge < -0.3 is 4.90 Å². The average molecular weight is 306 g/mol. The van der Waals surface area contributed by atoms with Crippen LogP contribution in [0.25, 0.3) is 0 Å². The zero-order chi connectivity index (χ0) is 15.3. The summed E-state index contributed by atoms with van der Waals surface area (Å²) in [5.41, 5.74) is 1.97. The van der Waals surface area contributed by atoms with Gasteiger partial charge in [0, 0.05) is 17.8 Å². The molecule has 1 aromatic carbocycles. The number of rotatable bonds is 2. The first-order valence-electron chi connectivity index (χ1n) is 7.94. The molecule has 0 spiro atoms. The average Bonchev–Trinajstić information content (AvgIpc) is 2.61. The van der Waals surface area contributed by atoms with Crippen molar-refractivity contribution in [1.29, 1.82) is 0 Å². The van der Waals surface area contributed by atoms with Gasteiger partial charge in [0.2, 0.25) is 5.91 Å². The Morgan fingerprint density at radius 3 is 2.52 bits per heavy atom. The van der Waals surface area contributed by atoms with Crippen molar-refractivity contribution in [2.45, 2.75) is 57.8 Å². The van der Waals surface area contributed by atoms with Gasteiger partial charge in [0.05, 0.1) is 5.41 Å². The molecule has 1 saturated carbocycles. The number of likely N-dealkylation sites (N-methyl/N-ethyl adjacent to an activating group) is 1. The van der Waals surface area contributed by atoms with Gasteiger partial charge in [-0.15, -0.1) is 0 Å². The molecule has 0 bridgehead atoms. The molecule has 1 aromatic rings. The molecule has 2 nitrogen and oxygen atoms in total. The Morgan fingerprint density at radius 1 is 1.19 bits per heavy atom. The van der Waals surface area contributed by atoms with Crippen LogP contribution in [0, 0.1) is 5.41 Å². The van der Waals surface area contributed by atoms with Crippen molar-refractivity contribution >= 4 is 23.2 Å². The molecular formula is C18H24ClNO. The molecule has 1 atom stereocenters. The highest BCUT2D eigenvalue weighted by molar-refractivity contribution is 6.31. The Labute approximate surface area is 132 Å². The summed E-state index contributed by atoms with van der Waals surface area (Å²) in [7, 11) is 1.88. The summed E-state index contributed by atoms with van der Waals surface area (Å²) in [6.45, 7) is 4.46. The van der Waals surface area contributed by atoms with Crippen molar-refractivity contribution < 1.29 is 4.79 Å². The standard InChI is InChI=1S/C18H24ClNO/c1-17(9-5-4-6-10-17)12-18(2)14-11-13(19)7-8-15(14)20(3)16(18)21/h7-8,11H,4-6,9-10,12H2,1-3H3. The van der Waals surface area contributed by atoms with Gasteiger partial charge in [-0.05, 0) is 55.4 Å². The van der Waals surface area contributed by atoms with Gasteiger partial charge in [-0.3, -0.25) is 4.79 Å². The number of carbonyl (C=O) groups excluding carboxylic acids is 1.